The molecule has 3 rings (SSSR count). The van der Waals surface area contributed by atoms with Gasteiger partial charge >= 0.3 is 0 Å². The lowest BCUT2D eigenvalue weighted by Crippen LogP contribution is -2.10. The quantitative estimate of drug-likeness (QED) is 0.768. The molecule has 1 N–H and O–H groups in total. The van der Waals surface area contributed by atoms with Gasteiger partial charge in [0.25, 0.3) is 0 Å². The van der Waals surface area contributed by atoms with E-state index in [1.807, 2.05) is 43.4 Å². The molecule has 3 aromatic rings. The van der Waals surface area contributed by atoms with Crippen molar-refractivity contribution in [1.29, 1.82) is 0 Å². The number of rotatable bonds is 2. The molecule has 18 heavy (non-hydrogen) atoms. The predicted molar refractivity (Wildman–Crippen MR) is 74.1 cm³/mol. The maximum absolute atomic E-state index is 4.49. The average Bonchev–Trinajstić information content (AvgIpc) is 2.93. The van der Waals surface area contributed by atoms with E-state index in [9.17, 15) is 0 Å². The molecule has 0 saturated heterocycles. The summed E-state index contributed by atoms with van der Waals surface area (Å²) in [6, 6.07) is 3.96. The molecule has 0 atom stereocenters. The molecule has 0 spiro atoms. The molecule has 0 bridgehead atoms. The summed E-state index contributed by atoms with van der Waals surface area (Å²) < 4.78 is 0. The molecule has 6 heteroatoms. The largest absolute Gasteiger partial charge is 0.363 e. The first-order valence-electron chi connectivity index (χ1n) is 5.60. The monoisotopic (exact) mass is 259 g/mol. The first-order valence-corrected chi connectivity index (χ1v) is 6.48. The van der Waals surface area contributed by atoms with Gasteiger partial charge in [0.1, 0.15) is 11.5 Å². The molecule has 3 heterocycles. The molecule has 5 nitrogen and oxygen atoms in total. The van der Waals surface area contributed by atoms with Crippen molar-refractivity contribution in [3.63, 3.8) is 0 Å². The Morgan fingerprint density at radius 3 is 2.67 bits per heavy atom. The van der Waals surface area contributed by atoms with Crippen LogP contribution >= 0.6 is 11.3 Å². The number of nitrogens with zero attached hydrogens (tertiary/aromatic N) is 4. The third-order valence-electron chi connectivity index (χ3n) is 2.65. The summed E-state index contributed by atoms with van der Waals surface area (Å²) in [6.07, 6.45) is 0. The summed E-state index contributed by atoms with van der Waals surface area (Å²) in [7, 11) is 3.93. The molecule has 0 saturated carbocycles. The van der Waals surface area contributed by atoms with Crippen molar-refractivity contribution in [3.8, 4) is 11.5 Å². The summed E-state index contributed by atoms with van der Waals surface area (Å²) in [5.74, 6) is 1.67. The van der Waals surface area contributed by atoms with Crippen LogP contribution in [0.25, 0.3) is 22.7 Å². The van der Waals surface area contributed by atoms with Gasteiger partial charge in [0, 0.05) is 19.5 Å². The van der Waals surface area contributed by atoms with Gasteiger partial charge in [-0.1, -0.05) is 0 Å². The van der Waals surface area contributed by atoms with Gasteiger partial charge in [-0.3, -0.25) is 0 Å². The number of H-pyrrole nitrogens is 1. The van der Waals surface area contributed by atoms with Crippen LogP contribution in [0.2, 0.25) is 0 Å². The molecule has 0 fully saturated rings. The molecule has 0 aliphatic rings. The highest BCUT2D eigenvalue weighted by Crippen LogP contribution is 2.22. The Hall–Kier alpha value is -1.95. The zero-order valence-electron chi connectivity index (χ0n) is 10.4. The Morgan fingerprint density at radius 2 is 2.00 bits per heavy atom. The van der Waals surface area contributed by atoms with E-state index in [2.05, 4.69) is 19.9 Å². The van der Waals surface area contributed by atoms with Crippen molar-refractivity contribution in [2.24, 2.45) is 0 Å². The molecular weight excluding hydrogens is 246 g/mol. The van der Waals surface area contributed by atoms with Crippen LogP contribution in [0.1, 0.15) is 5.01 Å². The number of aromatic nitrogens is 4. The van der Waals surface area contributed by atoms with Gasteiger partial charge in [-0.25, -0.2) is 15.0 Å². The first-order chi connectivity index (χ1) is 8.63. The third kappa shape index (κ3) is 1.84. The zero-order chi connectivity index (χ0) is 12.7. The first kappa shape index (κ1) is 11.2. The van der Waals surface area contributed by atoms with E-state index in [4.69, 9.17) is 0 Å². The normalized spacial score (nSPS) is 11.1. The van der Waals surface area contributed by atoms with Crippen LogP contribution in [0, 0.1) is 6.92 Å². The number of thiazole rings is 1. The molecule has 0 unspecified atom stereocenters. The number of pyridine rings is 1. The van der Waals surface area contributed by atoms with Crippen LogP contribution in [0.4, 0.5) is 5.82 Å². The highest BCUT2D eigenvalue weighted by molar-refractivity contribution is 7.09. The van der Waals surface area contributed by atoms with Gasteiger partial charge in [-0.05, 0) is 19.1 Å². The number of imidazole rings is 1. The van der Waals surface area contributed by atoms with Gasteiger partial charge in [0.2, 0.25) is 0 Å². The van der Waals surface area contributed by atoms with E-state index >= 15 is 0 Å². The second-order valence-corrected chi connectivity index (χ2v) is 5.33. The molecule has 0 radical (unpaired) electrons. The van der Waals surface area contributed by atoms with E-state index < -0.39 is 0 Å². The molecule has 3 aromatic heterocycles. The summed E-state index contributed by atoms with van der Waals surface area (Å²) in [5, 5.41) is 3.03. The van der Waals surface area contributed by atoms with E-state index in [-0.39, 0.29) is 0 Å². The number of aryl methyl sites for hydroxylation is 1. The second kappa shape index (κ2) is 4.06. The predicted octanol–water partition coefficient (Wildman–Crippen LogP) is 2.46. The number of fused-ring (bicyclic) bond motifs is 1. The number of nitrogens with one attached hydrogen (secondary N) is 1. The molecule has 0 amide bonds. The molecule has 92 valence electrons. The fourth-order valence-electron chi connectivity index (χ4n) is 1.73. The van der Waals surface area contributed by atoms with Crippen LogP contribution in [0.5, 0.6) is 0 Å². The average molecular weight is 259 g/mol. The molecular formula is C12H13N5S. The van der Waals surface area contributed by atoms with Crippen molar-refractivity contribution >= 4 is 28.3 Å². The minimum Gasteiger partial charge on any atom is -0.363 e. The fraction of sp³-hybridized carbons (Fsp3) is 0.250. The van der Waals surface area contributed by atoms with Gasteiger partial charge in [-0.15, -0.1) is 11.3 Å². The van der Waals surface area contributed by atoms with Crippen LogP contribution in [0.3, 0.4) is 0 Å². The van der Waals surface area contributed by atoms with Crippen molar-refractivity contribution in [2.75, 3.05) is 19.0 Å². The van der Waals surface area contributed by atoms with Crippen LogP contribution in [-0.2, 0) is 0 Å². The Bertz CT molecular complexity index is 697. The highest BCUT2D eigenvalue weighted by atomic mass is 32.1. The standard InChI is InChI=1S/C12H13N5S/c1-7-13-9(6-18-7)12-14-8-4-5-10(17(2)3)15-11(8)16-12/h4-6H,1-3H3,(H,14,15,16). The van der Waals surface area contributed by atoms with Crippen molar-refractivity contribution < 1.29 is 0 Å². The van der Waals surface area contributed by atoms with Crippen molar-refractivity contribution in [2.45, 2.75) is 6.92 Å². The Labute approximate surface area is 109 Å². The van der Waals surface area contributed by atoms with E-state index in [1.54, 1.807) is 11.3 Å². The van der Waals surface area contributed by atoms with Crippen LogP contribution in [0.15, 0.2) is 17.5 Å². The van der Waals surface area contributed by atoms with Crippen LogP contribution < -0.4 is 4.90 Å². The van der Waals surface area contributed by atoms with E-state index in [1.165, 1.54) is 0 Å². The molecule has 0 aromatic carbocycles. The fourth-order valence-corrected chi connectivity index (χ4v) is 2.32. The summed E-state index contributed by atoms with van der Waals surface area (Å²) in [4.78, 5) is 18.6. The smallest absolute Gasteiger partial charge is 0.180 e. The highest BCUT2D eigenvalue weighted by Gasteiger charge is 2.10. The Kier molecular flexibility index (Phi) is 2.52. The summed E-state index contributed by atoms with van der Waals surface area (Å²) in [6.45, 7) is 1.99. The second-order valence-electron chi connectivity index (χ2n) is 4.27. The van der Waals surface area contributed by atoms with Gasteiger partial charge in [0.05, 0.1) is 10.5 Å². The maximum atomic E-state index is 4.49. The zero-order valence-corrected chi connectivity index (χ0v) is 11.2. The van der Waals surface area contributed by atoms with Gasteiger partial charge < -0.3 is 9.88 Å². The molecule has 0 aliphatic carbocycles. The Balaban J connectivity index is 2.11. The Morgan fingerprint density at radius 1 is 1.17 bits per heavy atom. The number of anilines is 1. The third-order valence-corrected chi connectivity index (χ3v) is 3.42. The maximum Gasteiger partial charge on any atom is 0.180 e. The van der Waals surface area contributed by atoms with E-state index in [0.29, 0.717) is 0 Å². The summed E-state index contributed by atoms with van der Waals surface area (Å²) in [5.41, 5.74) is 2.53. The lowest BCUT2D eigenvalue weighted by molar-refractivity contribution is 1.08. The molecule has 0 aliphatic heterocycles. The number of aromatic amines is 1. The van der Waals surface area contributed by atoms with Gasteiger partial charge in [0.15, 0.2) is 11.5 Å². The van der Waals surface area contributed by atoms with Crippen LogP contribution in [-0.4, -0.2) is 34.0 Å². The minimum atomic E-state index is 0.724. The number of hydrogen-bond acceptors (Lipinski definition) is 5. The van der Waals surface area contributed by atoms with Crippen molar-refractivity contribution in [1.82, 2.24) is 19.9 Å². The topological polar surface area (TPSA) is 57.7 Å². The minimum absolute atomic E-state index is 0.724. The summed E-state index contributed by atoms with van der Waals surface area (Å²) >= 11 is 1.62. The lowest BCUT2D eigenvalue weighted by Gasteiger charge is -2.09. The SMILES string of the molecule is Cc1nc(-c2nc3nc(N(C)C)ccc3[nH]2)cs1. The van der Waals surface area contributed by atoms with Crippen molar-refractivity contribution in [3.05, 3.63) is 22.5 Å². The number of hydrogen-bond donors (Lipinski definition) is 1. The lowest BCUT2D eigenvalue weighted by atomic mass is 10.4. The van der Waals surface area contributed by atoms with Gasteiger partial charge in [-0.2, -0.15) is 0 Å². The van der Waals surface area contributed by atoms with E-state index in [0.717, 1.165) is 33.5 Å².